The number of aromatic hydroxyl groups is 1. The average Bonchev–Trinajstić information content (AvgIpc) is 2.76. The van der Waals surface area contributed by atoms with Crippen LogP contribution in [0.1, 0.15) is 40.5 Å². The van der Waals surface area contributed by atoms with Crippen molar-refractivity contribution in [3.63, 3.8) is 0 Å². The Balaban J connectivity index is 1.73. The van der Waals surface area contributed by atoms with Crippen LogP contribution in [-0.2, 0) is 14.1 Å². The Bertz CT molecular complexity index is 1090. The molecule has 0 bridgehead atoms. The van der Waals surface area contributed by atoms with Gasteiger partial charge in [-0.05, 0) is 57.1 Å². The molecular formula is C21H26N4O5. The van der Waals surface area contributed by atoms with Crippen molar-refractivity contribution >= 4 is 17.4 Å². The highest BCUT2D eigenvalue weighted by atomic mass is 16.3. The normalized spacial score (nSPS) is 16.4. The van der Waals surface area contributed by atoms with E-state index in [1.54, 1.807) is 19.1 Å². The van der Waals surface area contributed by atoms with Gasteiger partial charge in [-0.2, -0.15) is 0 Å². The standard InChI is InChI=1S/C21H26N4O5/c1-12(17(27)16-19(22)23(2)21(30)24(3)20(16)29)25-10-8-14(9-11-25)18(28)13-4-6-15(26)7-5-13/h4-7,12,14,26H,8-11,22H2,1-3H3. The molecule has 1 aliphatic rings. The van der Waals surface area contributed by atoms with E-state index < -0.39 is 23.1 Å². The number of nitrogens with two attached hydrogens (primary N) is 1. The summed E-state index contributed by atoms with van der Waals surface area (Å²) < 4.78 is 1.96. The van der Waals surface area contributed by atoms with E-state index in [4.69, 9.17) is 5.73 Å². The van der Waals surface area contributed by atoms with Crippen molar-refractivity contribution in [1.82, 2.24) is 14.0 Å². The molecule has 1 aromatic carbocycles. The number of piperidine rings is 1. The van der Waals surface area contributed by atoms with Crippen LogP contribution in [0.15, 0.2) is 33.9 Å². The van der Waals surface area contributed by atoms with Gasteiger partial charge in [0.25, 0.3) is 5.56 Å². The summed E-state index contributed by atoms with van der Waals surface area (Å²) in [6.45, 7) is 2.75. The largest absolute Gasteiger partial charge is 0.508 e. The van der Waals surface area contributed by atoms with Crippen LogP contribution in [0, 0.1) is 5.92 Å². The van der Waals surface area contributed by atoms with Gasteiger partial charge < -0.3 is 10.8 Å². The van der Waals surface area contributed by atoms with E-state index in [0.29, 0.717) is 31.5 Å². The van der Waals surface area contributed by atoms with Crippen LogP contribution in [0.3, 0.4) is 0 Å². The molecule has 1 unspecified atom stereocenters. The molecule has 3 rings (SSSR count). The van der Waals surface area contributed by atoms with Crippen molar-refractivity contribution in [3.05, 3.63) is 56.2 Å². The number of hydrogen-bond acceptors (Lipinski definition) is 7. The molecule has 3 N–H and O–H groups in total. The predicted octanol–water partition coefficient (Wildman–Crippen LogP) is 0.538. The molecule has 30 heavy (non-hydrogen) atoms. The first kappa shape index (κ1) is 21.5. The summed E-state index contributed by atoms with van der Waals surface area (Å²) in [6.07, 6.45) is 1.16. The number of nitrogen functional groups attached to an aromatic ring is 1. The number of phenolic OH excluding ortho intramolecular Hbond substituents is 1. The van der Waals surface area contributed by atoms with Crippen molar-refractivity contribution in [2.45, 2.75) is 25.8 Å². The molecule has 1 fully saturated rings. The molecule has 1 aromatic heterocycles. The minimum absolute atomic E-state index is 0.0183. The zero-order valence-electron chi connectivity index (χ0n) is 17.3. The Morgan fingerprint density at radius 3 is 2.20 bits per heavy atom. The Kier molecular flexibility index (Phi) is 5.93. The molecular weight excluding hydrogens is 388 g/mol. The van der Waals surface area contributed by atoms with Crippen molar-refractivity contribution in [2.75, 3.05) is 18.8 Å². The molecule has 0 radical (unpaired) electrons. The molecule has 1 atom stereocenters. The first-order chi connectivity index (χ1) is 14.1. The van der Waals surface area contributed by atoms with Gasteiger partial charge in [0.15, 0.2) is 11.6 Å². The number of Topliss-reactive ketones (excluding diaryl/α,β-unsaturated/α-hetero) is 2. The number of rotatable bonds is 5. The number of carbonyl (C=O) groups excluding carboxylic acids is 2. The van der Waals surface area contributed by atoms with Gasteiger partial charge in [0.05, 0.1) is 6.04 Å². The van der Waals surface area contributed by atoms with Gasteiger partial charge in [0.2, 0.25) is 0 Å². The quantitative estimate of drug-likeness (QED) is 0.684. The van der Waals surface area contributed by atoms with Crippen LogP contribution in [0.2, 0.25) is 0 Å². The zero-order chi connectivity index (χ0) is 22.2. The number of anilines is 1. The fraction of sp³-hybridized carbons (Fsp3) is 0.429. The summed E-state index contributed by atoms with van der Waals surface area (Å²) in [4.78, 5) is 52.1. The second kappa shape index (κ2) is 8.27. The Morgan fingerprint density at radius 1 is 1.07 bits per heavy atom. The monoisotopic (exact) mass is 414 g/mol. The summed E-state index contributed by atoms with van der Waals surface area (Å²) in [5.41, 5.74) is 4.98. The lowest BCUT2D eigenvalue weighted by molar-refractivity contribution is 0.0712. The lowest BCUT2D eigenvalue weighted by Gasteiger charge is -2.35. The number of ketones is 2. The van der Waals surface area contributed by atoms with E-state index in [1.807, 2.05) is 4.90 Å². The third-order valence-corrected chi connectivity index (χ3v) is 5.94. The van der Waals surface area contributed by atoms with Crippen molar-refractivity contribution in [2.24, 2.45) is 20.0 Å². The molecule has 0 amide bonds. The summed E-state index contributed by atoms with van der Waals surface area (Å²) in [5, 5.41) is 9.38. The second-order valence-corrected chi connectivity index (χ2v) is 7.73. The van der Waals surface area contributed by atoms with Crippen LogP contribution >= 0.6 is 0 Å². The van der Waals surface area contributed by atoms with Gasteiger partial charge in [-0.3, -0.25) is 28.4 Å². The van der Waals surface area contributed by atoms with Crippen LogP contribution < -0.4 is 17.0 Å². The van der Waals surface area contributed by atoms with Crippen molar-refractivity contribution < 1.29 is 14.7 Å². The molecule has 1 aliphatic heterocycles. The minimum atomic E-state index is -0.704. The molecule has 2 heterocycles. The summed E-state index contributed by atoms with van der Waals surface area (Å²) in [6, 6.07) is 5.58. The first-order valence-corrected chi connectivity index (χ1v) is 9.80. The molecule has 0 aliphatic carbocycles. The first-order valence-electron chi connectivity index (χ1n) is 9.80. The topological polar surface area (TPSA) is 128 Å². The SMILES string of the molecule is CC(C(=O)c1c(N)n(C)c(=O)n(C)c1=O)N1CCC(C(=O)c2ccc(O)cc2)CC1. The highest BCUT2D eigenvalue weighted by Crippen LogP contribution is 2.25. The fourth-order valence-electron chi connectivity index (χ4n) is 3.88. The van der Waals surface area contributed by atoms with E-state index in [1.165, 1.54) is 26.2 Å². The van der Waals surface area contributed by atoms with E-state index in [-0.39, 0.29) is 28.8 Å². The third kappa shape index (κ3) is 3.80. The third-order valence-electron chi connectivity index (χ3n) is 5.94. The van der Waals surface area contributed by atoms with E-state index in [0.717, 1.165) is 9.13 Å². The maximum atomic E-state index is 13.0. The van der Waals surface area contributed by atoms with Crippen LogP contribution in [0.25, 0.3) is 0 Å². The number of nitrogens with zero attached hydrogens (tertiary/aromatic N) is 3. The molecule has 1 saturated heterocycles. The molecule has 0 spiro atoms. The lowest BCUT2D eigenvalue weighted by atomic mass is 9.88. The second-order valence-electron chi connectivity index (χ2n) is 7.73. The van der Waals surface area contributed by atoms with Crippen molar-refractivity contribution in [3.8, 4) is 5.75 Å². The highest BCUT2D eigenvalue weighted by Gasteiger charge is 2.33. The Hall–Kier alpha value is -3.20. The number of hydrogen-bond donors (Lipinski definition) is 2. The number of benzene rings is 1. The van der Waals surface area contributed by atoms with Gasteiger partial charge in [-0.15, -0.1) is 0 Å². The molecule has 2 aromatic rings. The lowest BCUT2D eigenvalue weighted by Crippen LogP contribution is -2.48. The molecule has 9 nitrogen and oxygen atoms in total. The molecule has 9 heteroatoms. The maximum Gasteiger partial charge on any atom is 0.332 e. The summed E-state index contributed by atoms with van der Waals surface area (Å²) in [7, 11) is 2.73. The number of likely N-dealkylation sites (tertiary alicyclic amines) is 1. The zero-order valence-corrected chi connectivity index (χ0v) is 17.3. The fourth-order valence-corrected chi connectivity index (χ4v) is 3.88. The van der Waals surface area contributed by atoms with E-state index >= 15 is 0 Å². The molecule has 0 saturated carbocycles. The van der Waals surface area contributed by atoms with Gasteiger partial charge in [0, 0.05) is 25.6 Å². The van der Waals surface area contributed by atoms with Gasteiger partial charge >= 0.3 is 5.69 Å². The van der Waals surface area contributed by atoms with Gasteiger partial charge in [-0.1, -0.05) is 0 Å². The van der Waals surface area contributed by atoms with Crippen LogP contribution in [0.4, 0.5) is 5.82 Å². The Morgan fingerprint density at radius 2 is 1.63 bits per heavy atom. The Labute approximate surface area is 173 Å². The van der Waals surface area contributed by atoms with E-state index in [9.17, 15) is 24.3 Å². The number of aromatic nitrogens is 2. The average molecular weight is 414 g/mol. The van der Waals surface area contributed by atoms with Gasteiger partial charge in [-0.25, -0.2) is 4.79 Å². The van der Waals surface area contributed by atoms with Crippen molar-refractivity contribution in [1.29, 1.82) is 0 Å². The minimum Gasteiger partial charge on any atom is -0.508 e. The highest BCUT2D eigenvalue weighted by molar-refractivity contribution is 6.03. The number of phenols is 1. The number of carbonyl (C=O) groups is 2. The maximum absolute atomic E-state index is 13.0. The summed E-state index contributed by atoms with van der Waals surface area (Å²) in [5.74, 6) is -0.615. The predicted molar refractivity (Wildman–Crippen MR) is 112 cm³/mol. The van der Waals surface area contributed by atoms with Crippen LogP contribution in [0.5, 0.6) is 5.75 Å². The van der Waals surface area contributed by atoms with Gasteiger partial charge in [0.1, 0.15) is 17.1 Å². The van der Waals surface area contributed by atoms with E-state index in [2.05, 4.69) is 0 Å². The molecule has 160 valence electrons. The smallest absolute Gasteiger partial charge is 0.332 e. The summed E-state index contributed by atoms with van der Waals surface area (Å²) >= 11 is 0. The van der Waals surface area contributed by atoms with Crippen LogP contribution in [-0.4, -0.2) is 49.8 Å².